The molecule has 2 heteroatoms. The zero-order chi connectivity index (χ0) is 31.3. The van der Waals surface area contributed by atoms with Gasteiger partial charge in [-0.15, -0.1) is 0 Å². The van der Waals surface area contributed by atoms with E-state index in [4.69, 9.17) is 6.85 Å². The van der Waals surface area contributed by atoms with Crippen molar-refractivity contribution in [2.24, 2.45) is 0 Å². The summed E-state index contributed by atoms with van der Waals surface area (Å²) in [7, 11) is -3.24. The highest BCUT2D eigenvalue weighted by molar-refractivity contribution is 7.85. The van der Waals surface area contributed by atoms with Crippen molar-refractivity contribution in [1.82, 2.24) is 0 Å². The van der Waals surface area contributed by atoms with Crippen molar-refractivity contribution in [1.29, 1.82) is 0 Å². The first-order valence-corrected chi connectivity index (χ1v) is 14.9. The van der Waals surface area contributed by atoms with E-state index in [1.807, 2.05) is 133 Å². The van der Waals surface area contributed by atoms with E-state index in [0.29, 0.717) is 10.9 Å². The van der Waals surface area contributed by atoms with Gasteiger partial charge < -0.3 is 4.57 Å². The number of hydrogen-bond acceptors (Lipinski definition) is 1. The fraction of sp³-hybridized carbons (Fsp3) is 0. The number of benzene rings is 7. The van der Waals surface area contributed by atoms with E-state index < -0.39 is 13.2 Å². The van der Waals surface area contributed by atoms with Gasteiger partial charge in [-0.25, -0.2) is 0 Å². The first kappa shape index (κ1) is 19.4. The molecule has 0 aliphatic heterocycles. The van der Waals surface area contributed by atoms with Crippen LogP contribution in [0.15, 0.2) is 164 Å². The maximum atomic E-state index is 15.2. The Bertz CT molecular complexity index is 2170. The molecule has 0 saturated carbocycles. The average Bonchev–Trinajstić information content (AvgIpc) is 3.10. The van der Waals surface area contributed by atoms with Gasteiger partial charge in [0, 0.05) is 15.9 Å². The third-order valence-electron chi connectivity index (χ3n) is 7.42. The minimum atomic E-state index is -3.24. The standard InChI is InChI=1S/C38H27OP/c39-40(30-18-6-2-7-19-30,31-20-8-3-9-21-31)32-22-14-17-29(27-32)38-35-25-12-10-23-33(35)37(28-15-4-1-5-16-28)34-24-11-13-26-36(34)38/h1-27H/i1D,4D,5D,15D,16D. The molecule has 190 valence electrons. The minimum absolute atomic E-state index is 0.173. The topological polar surface area (TPSA) is 17.1 Å². The number of rotatable bonds is 5. The van der Waals surface area contributed by atoms with Crippen molar-refractivity contribution in [3.8, 4) is 22.3 Å². The summed E-state index contributed by atoms with van der Waals surface area (Å²) in [6, 6.07) is 41.0. The summed E-state index contributed by atoms with van der Waals surface area (Å²) < 4.78 is 57.7. The SMILES string of the molecule is [2H]c1c([2H])c([2H])c(-c2c3ccccc3c(-c3cccc(P(=O)(c4ccccc4)c4ccccc4)c3)c3ccccc23)c([2H])c1[2H]. The van der Waals surface area contributed by atoms with Gasteiger partial charge in [0.2, 0.25) is 0 Å². The van der Waals surface area contributed by atoms with Crippen LogP contribution in [0.1, 0.15) is 6.85 Å². The lowest BCUT2D eigenvalue weighted by molar-refractivity contribution is 0.592. The van der Waals surface area contributed by atoms with E-state index in [1.165, 1.54) is 0 Å². The molecule has 7 aromatic rings. The summed E-state index contributed by atoms with van der Waals surface area (Å²) in [6.07, 6.45) is 0. The fourth-order valence-electron chi connectivity index (χ4n) is 5.66. The maximum Gasteiger partial charge on any atom is 0.171 e. The van der Waals surface area contributed by atoms with Gasteiger partial charge in [0.15, 0.2) is 7.14 Å². The molecule has 0 aliphatic carbocycles. The van der Waals surface area contributed by atoms with Crippen molar-refractivity contribution < 1.29 is 11.4 Å². The minimum Gasteiger partial charge on any atom is -0.309 e. The quantitative estimate of drug-likeness (QED) is 0.159. The van der Waals surface area contributed by atoms with Crippen LogP contribution >= 0.6 is 7.14 Å². The van der Waals surface area contributed by atoms with Gasteiger partial charge in [-0.3, -0.25) is 0 Å². The summed E-state index contributed by atoms with van der Waals surface area (Å²) >= 11 is 0. The molecule has 0 aliphatic rings. The third kappa shape index (κ3) is 3.99. The Hall–Kier alpha value is -4.71. The molecule has 0 aromatic heterocycles. The van der Waals surface area contributed by atoms with Crippen molar-refractivity contribution >= 4 is 44.6 Å². The fourth-order valence-corrected chi connectivity index (χ4v) is 8.36. The smallest absolute Gasteiger partial charge is 0.171 e. The summed E-state index contributed by atoms with van der Waals surface area (Å²) in [6.45, 7) is 0. The molecule has 0 atom stereocenters. The molecule has 7 rings (SSSR count). The van der Waals surface area contributed by atoms with Crippen LogP contribution in [0.25, 0.3) is 43.8 Å². The van der Waals surface area contributed by atoms with Gasteiger partial charge in [0.25, 0.3) is 0 Å². The largest absolute Gasteiger partial charge is 0.309 e. The Balaban J connectivity index is 1.56. The van der Waals surface area contributed by atoms with Crippen LogP contribution in [0, 0.1) is 0 Å². The van der Waals surface area contributed by atoms with Gasteiger partial charge in [-0.05, 0) is 49.9 Å². The summed E-state index contributed by atoms with van der Waals surface area (Å²) in [4.78, 5) is 0. The monoisotopic (exact) mass is 535 g/mol. The lowest BCUT2D eigenvalue weighted by Crippen LogP contribution is -2.25. The molecule has 1 nitrogen and oxygen atoms in total. The molecule has 7 aromatic carbocycles. The predicted molar refractivity (Wildman–Crippen MR) is 172 cm³/mol. The Morgan fingerprint density at radius 1 is 0.425 bits per heavy atom. The zero-order valence-electron chi connectivity index (χ0n) is 26.6. The molecular weight excluding hydrogens is 503 g/mol. The van der Waals surface area contributed by atoms with Crippen LogP contribution in [0.2, 0.25) is 0 Å². The molecule has 0 unspecified atom stereocenters. The highest BCUT2D eigenvalue weighted by atomic mass is 31.2. The first-order valence-electron chi connectivity index (χ1n) is 15.7. The average molecular weight is 536 g/mol. The summed E-state index contributed by atoms with van der Waals surface area (Å²) in [5.41, 5.74) is 2.56. The van der Waals surface area contributed by atoms with E-state index in [2.05, 4.69) is 0 Å². The van der Waals surface area contributed by atoms with Gasteiger partial charge in [-0.1, -0.05) is 158 Å². The second-order valence-electron chi connectivity index (χ2n) is 9.67. The van der Waals surface area contributed by atoms with Gasteiger partial charge in [0.1, 0.15) is 0 Å². The van der Waals surface area contributed by atoms with E-state index in [-0.39, 0.29) is 29.7 Å². The summed E-state index contributed by atoms with van der Waals surface area (Å²) in [5, 5.41) is 5.47. The zero-order valence-corrected chi connectivity index (χ0v) is 22.5. The molecule has 0 saturated heterocycles. The Morgan fingerprint density at radius 3 is 1.35 bits per heavy atom. The molecule has 0 spiro atoms. The van der Waals surface area contributed by atoms with Crippen molar-refractivity contribution in [3.05, 3.63) is 164 Å². The van der Waals surface area contributed by atoms with E-state index >= 15 is 4.57 Å². The highest BCUT2D eigenvalue weighted by Gasteiger charge is 2.30. The van der Waals surface area contributed by atoms with Gasteiger partial charge >= 0.3 is 0 Å². The van der Waals surface area contributed by atoms with E-state index in [0.717, 1.165) is 43.3 Å². The molecule has 0 fully saturated rings. The van der Waals surface area contributed by atoms with Crippen LogP contribution in [0.3, 0.4) is 0 Å². The maximum absolute atomic E-state index is 15.2. The lowest BCUT2D eigenvalue weighted by Gasteiger charge is -2.22. The molecule has 0 amide bonds. The normalized spacial score (nSPS) is 13.3. The second-order valence-corrected chi connectivity index (χ2v) is 12.4. The highest BCUT2D eigenvalue weighted by Crippen LogP contribution is 2.46. The Kier molecular flexibility index (Phi) is 4.90. The lowest BCUT2D eigenvalue weighted by atomic mass is 9.86. The van der Waals surface area contributed by atoms with Crippen LogP contribution < -0.4 is 15.9 Å². The van der Waals surface area contributed by atoms with Gasteiger partial charge in [0.05, 0.1) is 6.85 Å². The third-order valence-corrected chi connectivity index (χ3v) is 10.5. The van der Waals surface area contributed by atoms with E-state index in [9.17, 15) is 0 Å². The molecule has 0 N–H and O–H groups in total. The van der Waals surface area contributed by atoms with Crippen LogP contribution in [-0.2, 0) is 4.57 Å². The second kappa shape index (κ2) is 10.1. The van der Waals surface area contributed by atoms with Crippen molar-refractivity contribution in [3.63, 3.8) is 0 Å². The molecule has 0 radical (unpaired) electrons. The molecule has 40 heavy (non-hydrogen) atoms. The molecule has 0 bridgehead atoms. The molecule has 0 heterocycles. The van der Waals surface area contributed by atoms with Gasteiger partial charge in [-0.2, -0.15) is 0 Å². The van der Waals surface area contributed by atoms with Crippen molar-refractivity contribution in [2.45, 2.75) is 0 Å². The Morgan fingerprint density at radius 2 is 0.850 bits per heavy atom. The molecular formula is C38H27OP. The summed E-state index contributed by atoms with van der Waals surface area (Å²) in [5.74, 6) is 0. The van der Waals surface area contributed by atoms with Crippen molar-refractivity contribution in [2.75, 3.05) is 0 Å². The first-order chi connectivity index (χ1) is 21.8. The van der Waals surface area contributed by atoms with Crippen LogP contribution in [0.4, 0.5) is 0 Å². The number of fused-ring (bicyclic) bond motifs is 2. The van der Waals surface area contributed by atoms with E-state index in [1.54, 1.807) is 0 Å². The van der Waals surface area contributed by atoms with Crippen LogP contribution in [0.5, 0.6) is 0 Å². The Labute approximate surface area is 241 Å². The predicted octanol–water partition coefficient (Wildman–Crippen LogP) is 8.97. The number of hydrogen-bond donors (Lipinski definition) is 0. The van der Waals surface area contributed by atoms with Crippen LogP contribution in [-0.4, -0.2) is 0 Å².